The second-order valence-electron chi connectivity index (χ2n) is 7.90. The fraction of sp³-hybridized carbons (Fsp3) is 0.571. The standard InChI is InChI=1S/C21H31F2N3O4/c1-12(2)10-17(25-14(4)28)20(30)26-16(11-15-8-6-5-7-9-15)19(29)21(22,23)18(24)13(3)27/h5-9,12,16-19,29H,10-11,24H2,1-4H3,(H,25,28)(H,26,30)/t16?,17-,18?,19?/m0/s1. The quantitative estimate of drug-likeness (QED) is 0.423. The monoisotopic (exact) mass is 427 g/mol. The molecule has 0 fully saturated rings. The second kappa shape index (κ2) is 11.1. The highest BCUT2D eigenvalue weighted by molar-refractivity contribution is 5.87. The van der Waals surface area contributed by atoms with Crippen LogP contribution in [0.1, 0.15) is 39.7 Å². The van der Waals surface area contributed by atoms with E-state index in [9.17, 15) is 28.3 Å². The number of halogens is 2. The minimum atomic E-state index is -3.97. The number of carbonyl (C=O) groups is 3. The van der Waals surface area contributed by atoms with Gasteiger partial charge < -0.3 is 21.5 Å². The van der Waals surface area contributed by atoms with Crippen molar-refractivity contribution in [1.82, 2.24) is 10.6 Å². The summed E-state index contributed by atoms with van der Waals surface area (Å²) in [6.45, 7) is 5.85. The van der Waals surface area contributed by atoms with Gasteiger partial charge in [-0.05, 0) is 31.2 Å². The third-order valence-corrected chi connectivity index (χ3v) is 4.66. The Labute approximate surface area is 175 Å². The van der Waals surface area contributed by atoms with Crippen molar-refractivity contribution in [2.24, 2.45) is 11.7 Å². The summed E-state index contributed by atoms with van der Waals surface area (Å²) in [5.74, 6) is -6.07. The lowest BCUT2D eigenvalue weighted by Gasteiger charge is -2.34. The molecule has 0 saturated carbocycles. The van der Waals surface area contributed by atoms with Crippen molar-refractivity contribution in [2.75, 3.05) is 0 Å². The number of hydrogen-bond donors (Lipinski definition) is 4. The highest BCUT2D eigenvalue weighted by Gasteiger charge is 2.50. The lowest BCUT2D eigenvalue weighted by molar-refractivity contribution is -0.154. The lowest BCUT2D eigenvalue weighted by Crippen LogP contribution is -2.62. The van der Waals surface area contributed by atoms with Gasteiger partial charge in [0.1, 0.15) is 18.2 Å². The van der Waals surface area contributed by atoms with Crippen LogP contribution in [-0.4, -0.2) is 52.9 Å². The van der Waals surface area contributed by atoms with E-state index < -0.39 is 47.7 Å². The van der Waals surface area contributed by atoms with Gasteiger partial charge in [0.2, 0.25) is 11.8 Å². The Hall–Kier alpha value is -2.39. The van der Waals surface area contributed by atoms with Crippen molar-refractivity contribution in [3.05, 3.63) is 35.9 Å². The summed E-state index contributed by atoms with van der Waals surface area (Å²) in [5, 5.41) is 15.4. The van der Waals surface area contributed by atoms with Gasteiger partial charge in [-0.15, -0.1) is 0 Å². The minimum Gasteiger partial charge on any atom is -0.385 e. The van der Waals surface area contributed by atoms with Crippen LogP contribution in [0.15, 0.2) is 30.3 Å². The Bertz CT molecular complexity index is 728. The van der Waals surface area contributed by atoms with Crippen molar-refractivity contribution in [2.45, 2.75) is 70.7 Å². The molecule has 0 saturated heterocycles. The average Bonchev–Trinajstić information content (AvgIpc) is 2.65. The highest BCUT2D eigenvalue weighted by atomic mass is 19.3. The van der Waals surface area contributed by atoms with E-state index in [1.54, 1.807) is 30.3 Å². The molecule has 0 aromatic heterocycles. The van der Waals surface area contributed by atoms with E-state index >= 15 is 0 Å². The topological polar surface area (TPSA) is 122 Å². The lowest BCUT2D eigenvalue weighted by atomic mass is 9.91. The maximum absolute atomic E-state index is 14.7. The molecule has 0 bridgehead atoms. The Kier molecular flexibility index (Phi) is 9.51. The van der Waals surface area contributed by atoms with Gasteiger partial charge in [0.25, 0.3) is 5.92 Å². The number of alkyl halides is 2. The van der Waals surface area contributed by atoms with Gasteiger partial charge in [0.05, 0.1) is 6.04 Å². The Morgan fingerprint density at radius 2 is 1.67 bits per heavy atom. The van der Waals surface area contributed by atoms with Crippen molar-refractivity contribution in [3.8, 4) is 0 Å². The fourth-order valence-corrected chi connectivity index (χ4v) is 3.06. The van der Waals surface area contributed by atoms with Gasteiger partial charge in [0.15, 0.2) is 5.78 Å². The smallest absolute Gasteiger partial charge is 0.297 e. The first kappa shape index (κ1) is 25.6. The van der Waals surface area contributed by atoms with Crippen molar-refractivity contribution >= 4 is 17.6 Å². The van der Waals surface area contributed by atoms with Crippen molar-refractivity contribution < 1.29 is 28.3 Å². The predicted molar refractivity (Wildman–Crippen MR) is 109 cm³/mol. The Balaban J connectivity index is 3.17. The molecule has 3 unspecified atom stereocenters. The van der Waals surface area contributed by atoms with E-state index in [0.717, 1.165) is 6.92 Å². The van der Waals surface area contributed by atoms with Crippen LogP contribution in [-0.2, 0) is 20.8 Å². The van der Waals surface area contributed by atoms with Gasteiger partial charge in [-0.25, -0.2) is 8.78 Å². The number of aliphatic hydroxyl groups excluding tert-OH is 1. The van der Waals surface area contributed by atoms with E-state index in [0.29, 0.717) is 5.56 Å². The van der Waals surface area contributed by atoms with E-state index in [1.807, 2.05) is 13.8 Å². The third-order valence-electron chi connectivity index (χ3n) is 4.66. The van der Waals surface area contributed by atoms with Gasteiger partial charge in [-0.1, -0.05) is 44.2 Å². The average molecular weight is 427 g/mol. The molecule has 0 aliphatic carbocycles. The van der Waals surface area contributed by atoms with Crippen LogP contribution in [0.2, 0.25) is 0 Å². The number of nitrogens with two attached hydrogens (primary N) is 1. The summed E-state index contributed by atoms with van der Waals surface area (Å²) in [6.07, 6.45) is -2.26. The van der Waals surface area contributed by atoms with Crippen LogP contribution < -0.4 is 16.4 Å². The number of ketones is 1. The molecule has 7 nitrogen and oxygen atoms in total. The number of carbonyl (C=O) groups excluding carboxylic acids is 3. The fourth-order valence-electron chi connectivity index (χ4n) is 3.06. The molecule has 30 heavy (non-hydrogen) atoms. The second-order valence-corrected chi connectivity index (χ2v) is 7.90. The molecule has 0 heterocycles. The number of amides is 2. The molecule has 5 N–H and O–H groups in total. The minimum absolute atomic E-state index is 0.0395. The zero-order valence-corrected chi connectivity index (χ0v) is 17.7. The van der Waals surface area contributed by atoms with Crippen molar-refractivity contribution in [1.29, 1.82) is 0 Å². The van der Waals surface area contributed by atoms with Crippen LogP contribution in [0.5, 0.6) is 0 Å². The molecule has 0 aliphatic rings. The number of rotatable bonds is 11. The molecule has 0 radical (unpaired) electrons. The van der Waals surface area contributed by atoms with Crippen LogP contribution in [0.25, 0.3) is 0 Å². The number of hydrogen-bond acceptors (Lipinski definition) is 5. The first-order valence-corrected chi connectivity index (χ1v) is 9.79. The molecule has 1 aromatic carbocycles. The molecule has 2 amide bonds. The van der Waals surface area contributed by atoms with E-state index in [-0.39, 0.29) is 18.8 Å². The maximum Gasteiger partial charge on any atom is 0.297 e. The molecular formula is C21H31F2N3O4. The summed E-state index contributed by atoms with van der Waals surface area (Å²) in [5.41, 5.74) is 5.91. The first-order valence-electron chi connectivity index (χ1n) is 9.79. The Morgan fingerprint density at radius 1 is 1.10 bits per heavy atom. The van der Waals surface area contributed by atoms with Crippen LogP contribution in [0, 0.1) is 5.92 Å². The SMILES string of the molecule is CC(=O)N[C@@H](CC(C)C)C(=O)NC(Cc1ccccc1)C(O)C(F)(F)C(N)C(C)=O. The van der Waals surface area contributed by atoms with E-state index in [2.05, 4.69) is 10.6 Å². The summed E-state index contributed by atoms with van der Waals surface area (Å²) >= 11 is 0. The van der Waals surface area contributed by atoms with E-state index in [1.165, 1.54) is 6.92 Å². The van der Waals surface area contributed by atoms with Gasteiger partial charge in [-0.2, -0.15) is 0 Å². The zero-order chi connectivity index (χ0) is 23.1. The summed E-state index contributed by atoms with van der Waals surface area (Å²) in [7, 11) is 0. The largest absolute Gasteiger partial charge is 0.385 e. The number of Topliss-reactive ketones (excluding diaryl/α,β-unsaturated/α-hetero) is 1. The molecule has 4 atom stereocenters. The summed E-state index contributed by atoms with van der Waals surface area (Å²) < 4.78 is 29.3. The van der Waals surface area contributed by atoms with Gasteiger partial charge >= 0.3 is 0 Å². The molecular weight excluding hydrogens is 396 g/mol. The predicted octanol–water partition coefficient (Wildman–Crippen LogP) is 1.18. The number of aliphatic hydroxyl groups is 1. The molecule has 168 valence electrons. The van der Waals surface area contributed by atoms with Gasteiger partial charge in [-0.3, -0.25) is 14.4 Å². The van der Waals surface area contributed by atoms with Crippen LogP contribution in [0.3, 0.4) is 0 Å². The summed E-state index contributed by atoms with van der Waals surface area (Å²) in [6, 6.07) is 3.83. The zero-order valence-electron chi connectivity index (χ0n) is 17.7. The third kappa shape index (κ3) is 7.46. The summed E-state index contributed by atoms with van der Waals surface area (Å²) in [4.78, 5) is 35.6. The molecule has 1 rings (SSSR count). The molecule has 0 aliphatic heterocycles. The molecule has 9 heteroatoms. The van der Waals surface area contributed by atoms with Gasteiger partial charge in [0, 0.05) is 6.92 Å². The van der Waals surface area contributed by atoms with E-state index in [4.69, 9.17) is 5.73 Å². The van der Waals surface area contributed by atoms with Crippen molar-refractivity contribution in [3.63, 3.8) is 0 Å². The molecule has 1 aromatic rings. The number of nitrogens with one attached hydrogen (secondary N) is 2. The van der Waals surface area contributed by atoms with Crippen LogP contribution in [0.4, 0.5) is 8.78 Å². The Morgan fingerprint density at radius 3 is 2.13 bits per heavy atom. The first-order chi connectivity index (χ1) is 13.9. The molecule has 0 spiro atoms. The normalized spacial score (nSPS) is 15.8. The highest BCUT2D eigenvalue weighted by Crippen LogP contribution is 2.26. The maximum atomic E-state index is 14.7. The van der Waals surface area contributed by atoms with Crippen LogP contribution >= 0.6 is 0 Å². The number of benzene rings is 1.